The Hall–Kier alpha value is -3.21. The Labute approximate surface area is 184 Å². The molecule has 1 aromatic rings. The molecule has 0 bridgehead atoms. The maximum absolute atomic E-state index is 12.8. The van der Waals surface area contributed by atoms with Gasteiger partial charge in [-0.1, -0.05) is 6.08 Å². The number of ether oxygens (including phenoxy) is 4. The Morgan fingerprint density at radius 2 is 1.88 bits per heavy atom. The second-order valence-electron chi connectivity index (χ2n) is 8.43. The van der Waals surface area contributed by atoms with Crippen molar-refractivity contribution >= 4 is 17.9 Å². The van der Waals surface area contributed by atoms with E-state index in [4.69, 9.17) is 18.9 Å². The zero-order chi connectivity index (χ0) is 24.3. The molecule has 0 radical (unpaired) electrons. The number of esters is 3. The fourth-order valence-electron chi connectivity index (χ4n) is 3.34. The second kappa shape index (κ2) is 9.51. The number of carbonyl (C=O) groups is 3. The lowest BCUT2D eigenvalue weighted by molar-refractivity contribution is -0.190. The number of aromatic nitrogens is 2. The van der Waals surface area contributed by atoms with Crippen LogP contribution in [0, 0.1) is 5.41 Å². The van der Waals surface area contributed by atoms with Crippen LogP contribution in [0.3, 0.4) is 0 Å². The molecule has 0 aromatic carbocycles. The van der Waals surface area contributed by atoms with Gasteiger partial charge in [0.05, 0.1) is 5.41 Å². The molecule has 1 aromatic heterocycles. The van der Waals surface area contributed by atoms with Crippen molar-refractivity contribution in [3.8, 4) is 0 Å². The van der Waals surface area contributed by atoms with Gasteiger partial charge in [-0.2, -0.15) is 0 Å². The molecule has 11 nitrogen and oxygen atoms in total. The zero-order valence-corrected chi connectivity index (χ0v) is 18.7. The molecule has 176 valence electrons. The van der Waals surface area contributed by atoms with E-state index in [1.807, 2.05) is 0 Å². The Bertz CT molecular complexity index is 1000. The summed E-state index contributed by atoms with van der Waals surface area (Å²) in [5.74, 6) is -1.96. The van der Waals surface area contributed by atoms with Crippen LogP contribution in [0.1, 0.15) is 41.0 Å². The van der Waals surface area contributed by atoms with Gasteiger partial charge < -0.3 is 18.9 Å². The van der Waals surface area contributed by atoms with Gasteiger partial charge in [-0.05, 0) is 20.8 Å². The van der Waals surface area contributed by atoms with Crippen molar-refractivity contribution in [1.82, 2.24) is 9.55 Å². The van der Waals surface area contributed by atoms with E-state index < -0.39 is 58.6 Å². The van der Waals surface area contributed by atoms with Crippen molar-refractivity contribution in [1.29, 1.82) is 0 Å². The monoisotopic (exact) mass is 452 g/mol. The third-order valence-corrected chi connectivity index (χ3v) is 4.73. The van der Waals surface area contributed by atoms with E-state index in [1.165, 1.54) is 19.2 Å². The summed E-state index contributed by atoms with van der Waals surface area (Å²) in [7, 11) is 0. The van der Waals surface area contributed by atoms with E-state index in [-0.39, 0.29) is 13.0 Å². The van der Waals surface area contributed by atoms with Crippen molar-refractivity contribution in [2.45, 2.75) is 65.1 Å². The van der Waals surface area contributed by atoms with Crippen molar-refractivity contribution in [3.05, 3.63) is 45.8 Å². The number of H-pyrrole nitrogens is 1. The standard InChI is InChI=1S/C21H28N2O9/c1-7-9-21(23-10-8-15(26)22-19(23)28)17(31-18(27)20(4,5)6)16(30-13(3)25)14(32-21)11-29-12(2)24/h7-8,10,14,16-17H,1,9,11H2,2-6H3,(H,22,26,28)/t14-,16-,17+,21-/m1/s1. The van der Waals surface area contributed by atoms with Gasteiger partial charge in [-0.25, -0.2) is 4.79 Å². The number of nitrogens with one attached hydrogen (secondary N) is 1. The van der Waals surface area contributed by atoms with E-state index >= 15 is 0 Å². The topological polar surface area (TPSA) is 143 Å². The van der Waals surface area contributed by atoms with Gasteiger partial charge in [0.15, 0.2) is 17.9 Å². The summed E-state index contributed by atoms with van der Waals surface area (Å²) in [6.45, 7) is 10.6. The molecule has 1 aliphatic heterocycles. The zero-order valence-electron chi connectivity index (χ0n) is 18.7. The highest BCUT2D eigenvalue weighted by molar-refractivity contribution is 5.75. The Morgan fingerprint density at radius 1 is 1.22 bits per heavy atom. The van der Waals surface area contributed by atoms with Crippen molar-refractivity contribution in [2.24, 2.45) is 5.41 Å². The molecule has 1 saturated heterocycles. The maximum Gasteiger partial charge on any atom is 0.330 e. The minimum absolute atomic E-state index is 0.0740. The average Bonchev–Trinajstić information content (AvgIpc) is 2.92. The predicted molar refractivity (Wildman–Crippen MR) is 111 cm³/mol. The summed E-state index contributed by atoms with van der Waals surface area (Å²) < 4.78 is 23.4. The first-order valence-electron chi connectivity index (χ1n) is 9.94. The van der Waals surface area contributed by atoms with Crippen molar-refractivity contribution < 1.29 is 33.3 Å². The first kappa shape index (κ1) is 25.1. The molecule has 0 aliphatic carbocycles. The molecule has 11 heteroatoms. The minimum Gasteiger partial charge on any atom is -0.463 e. The predicted octanol–water partition coefficient (Wildman–Crippen LogP) is 0.617. The van der Waals surface area contributed by atoms with Gasteiger partial charge in [0.25, 0.3) is 5.56 Å². The van der Waals surface area contributed by atoms with Crippen LogP contribution in [0.2, 0.25) is 0 Å². The lowest BCUT2D eigenvalue weighted by Gasteiger charge is -2.36. The molecule has 4 atom stereocenters. The summed E-state index contributed by atoms with van der Waals surface area (Å²) in [6.07, 6.45) is -1.11. The third kappa shape index (κ3) is 5.34. The van der Waals surface area contributed by atoms with E-state index in [2.05, 4.69) is 11.6 Å². The van der Waals surface area contributed by atoms with Crippen LogP contribution in [0.15, 0.2) is 34.5 Å². The van der Waals surface area contributed by atoms with Crippen LogP contribution in [-0.2, 0) is 39.1 Å². The Morgan fingerprint density at radius 3 is 2.38 bits per heavy atom. The van der Waals surface area contributed by atoms with Crippen molar-refractivity contribution in [3.63, 3.8) is 0 Å². The van der Waals surface area contributed by atoms with Gasteiger partial charge in [0.2, 0.25) is 0 Å². The van der Waals surface area contributed by atoms with E-state index in [0.717, 1.165) is 17.6 Å². The highest BCUT2D eigenvalue weighted by Gasteiger charge is 2.61. The first-order valence-corrected chi connectivity index (χ1v) is 9.94. The van der Waals surface area contributed by atoms with Crippen LogP contribution in [-0.4, -0.2) is 52.4 Å². The molecular weight excluding hydrogens is 424 g/mol. The van der Waals surface area contributed by atoms with Crippen LogP contribution < -0.4 is 11.2 Å². The van der Waals surface area contributed by atoms with E-state index in [0.29, 0.717) is 0 Å². The fraction of sp³-hybridized carbons (Fsp3) is 0.571. The van der Waals surface area contributed by atoms with Crippen LogP contribution in [0.4, 0.5) is 0 Å². The Kier molecular flexibility index (Phi) is 7.45. The smallest absolute Gasteiger partial charge is 0.330 e. The molecule has 0 amide bonds. The van der Waals surface area contributed by atoms with Gasteiger partial charge in [0, 0.05) is 32.5 Å². The summed E-state index contributed by atoms with van der Waals surface area (Å²) >= 11 is 0. The minimum atomic E-state index is -1.74. The molecule has 0 spiro atoms. The van der Waals surface area contributed by atoms with Gasteiger partial charge in [0.1, 0.15) is 12.7 Å². The quantitative estimate of drug-likeness (QED) is 0.358. The summed E-state index contributed by atoms with van der Waals surface area (Å²) in [6, 6.07) is 1.10. The highest BCUT2D eigenvalue weighted by atomic mass is 16.7. The Balaban J connectivity index is 2.71. The summed E-state index contributed by atoms with van der Waals surface area (Å²) in [4.78, 5) is 62.5. The third-order valence-electron chi connectivity index (χ3n) is 4.73. The molecule has 2 rings (SSSR count). The molecule has 0 unspecified atom stereocenters. The average molecular weight is 452 g/mol. The van der Waals surface area contributed by atoms with Gasteiger partial charge in [-0.3, -0.25) is 28.7 Å². The summed E-state index contributed by atoms with van der Waals surface area (Å²) in [5, 5.41) is 0. The maximum atomic E-state index is 12.8. The number of nitrogens with zero attached hydrogens (tertiary/aromatic N) is 1. The number of hydrogen-bond donors (Lipinski definition) is 1. The number of aromatic amines is 1. The molecule has 32 heavy (non-hydrogen) atoms. The van der Waals surface area contributed by atoms with E-state index in [1.54, 1.807) is 20.8 Å². The molecule has 1 fully saturated rings. The lowest BCUT2D eigenvalue weighted by atomic mass is 9.95. The SMILES string of the molecule is C=CC[C@@]1(n2ccc(=O)[nH]c2=O)O[C@H](COC(C)=O)[C@@H](OC(C)=O)[C@@H]1OC(=O)C(C)(C)C. The molecule has 2 heterocycles. The lowest BCUT2D eigenvalue weighted by Crippen LogP contribution is -2.54. The molecule has 1 aliphatic rings. The number of hydrogen-bond acceptors (Lipinski definition) is 9. The molecular formula is C21H28N2O9. The normalized spacial score (nSPS) is 25.1. The van der Waals surface area contributed by atoms with Gasteiger partial charge in [-0.15, -0.1) is 6.58 Å². The van der Waals surface area contributed by atoms with Crippen molar-refractivity contribution in [2.75, 3.05) is 6.61 Å². The van der Waals surface area contributed by atoms with Crippen LogP contribution in [0.25, 0.3) is 0 Å². The largest absolute Gasteiger partial charge is 0.463 e. The fourth-order valence-corrected chi connectivity index (χ4v) is 3.34. The molecule has 0 saturated carbocycles. The summed E-state index contributed by atoms with van der Waals surface area (Å²) in [5.41, 5.74) is -4.17. The van der Waals surface area contributed by atoms with Gasteiger partial charge >= 0.3 is 23.6 Å². The molecule has 1 N–H and O–H groups in total. The highest BCUT2D eigenvalue weighted by Crippen LogP contribution is 2.42. The van der Waals surface area contributed by atoms with Crippen LogP contribution in [0.5, 0.6) is 0 Å². The second-order valence-corrected chi connectivity index (χ2v) is 8.43. The number of carbonyl (C=O) groups excluding carboxylic acids is 3. The first-order chi connectivity index (χ1) is 14.8. The number of rotatable bonds is 7. The van der Waals surface area contributed by atoms with Crippen LogP contribution >= 0.6 is 0 Å². The van der Waals surface area contributed by atoms with E-state index in [9.17, 15) is 24.0 Å².